The van der Waals surface area contributed by atoms with Gasteiger partial charge in [0.2, 0.25) is 10.0 Å². The van der Waals surface area contributed by atoms with Crippen molar-refractivity contribution < 1.29 is 18.3 Å². The van der Waals surface area contributed by atoms with Crippen LogP contribution in [-0.4, -0.2) is 25.2 Å². The number of carbonyl (C=O) groups is 1. The number of aliphatic carboxylic acids is 1. The van der Waals surface area contributed by atoms with Crippen LogP contribution in [0.1, 0.15) is 37.7 Å². The number of aryl methyl sites for hydroxylation is 1. The maximum absolute atomic E-state index is 12.3. The van der Waals surface area contributed by atoms with Crippen molar-refractivity contribution in [3.05, 3.63) is 57.3 Å². The van der Waals surface area contributed by atoms with Crippen LogP contribution < -0.4 is 4.72 Å². The number of rotatable bonds is 10. The molecule has 0 bridgehead atoms. The average molecular weight is 489 g/mol. The number of carboxylic acid groups (broad SMARTS) is 1. The van der Waals surface area contributed by atoms with E-state index >= 15 is 0 Å². The highest BCUT2D eigenvalue weighted by molar-refractivity contribution is 14.1. The molecule has 0 amide bonds. The van der Waals surface area contributed by atoms with Crippen LogP contribution in [0.15, 0.2) is 48.2 Å². The summed E-state index contributed by atoms with van der Waals surface area (Å²) in [6.07, 6.45) is 9.59. The molecule has 1 atom stereocenters. The second-order valence-corrected chi connectivity index (χ2v) is 9.50. The van der Waals surface area contributed by atoms with Gasteiger partial charge in [0.15, 0.2) is 0 Å². The van der Waals surface area contributed by atoms with E-state index in [9.17, 15) is 13.2 Å². The summed E-state index contributed by atoms with van der Waals surface area (Å²) in [6, 6.07) is 7.85. The van der Waals surface area contributed by atoms with E-state index < -0.39 is 16.0 Å². The van der Waals surface area contributed by atoms with E-state index in [1.165, 1.54) is 0 Å². The van der Waals surface area contributed by atoms with Gasteiger partial charge >= 0.3 is 5.97 Å². The molecule has 1 aromatic rings. The first-order valence-electron chi connectivity index (χ1n) is 8.68. The molecular weight excluding hydrogens is 465 g/mol. The van der Waals surface area contributed by atoms with Gasteiger partial charge in [-0.25, -0.2) is 8.42 Å². The lowest BCUT2D eigenvalue weighted by molar-refractivity contribution is -0.137. The lowest BCUT2D eigenvalue weighted by atomic mass is 10.1. The second kappa shape index (κ2) is 10.1. The molecule has 0 spiro atoms. The van der Waals surface area contributed by atoms with Crippen LogP contribution >= 0.6 is 22.6 Å². The van der Waals surface area contributed by atoms with Crippen LogP contribution in [0.3, 0.4) is 0 Å². The Labute approximate surface area is 168 Å². The molecule has 0 heterocycles. The van der Waals surface area contributed by atoms with Crippen molar-refractivity contribution in [1.82, 2.24) is 4.72 Å². The Bertz CT molecular complexity index is 786. The molecule has 2 N–H and O–H groups in total. The molecule has 5 nitrogen and oxygen atoms in total. The Morgan fingerprint density at radius 2 is 2.19 bits per heavy atom. The third kappa shape index (κ3) is 7.90. The minimum atomic E-state index is -3.35. The van der Waals surface area contributed by atoms with Crippen molar-refractivity contribution in [3.8, 4) is 0 Å². The number of benzene rings is 1. The van der Waals surface area contributed by atoms with E-state index in [-0.39, 0.29) is 18.1 Å². The normalized spacial score (nSPS) is 17.4. The summed E-state index contributed by atoms with van der Waals surface area (Å²) >= 11 is 2.22. The first-order chi connectivity index (χ1) is 12.3. The monoisotopic (exact) mass is 489 g/mol. The molecular formula is C19H24INO4S. The van der Waals surface area contributed by atoms with Crippen molar-refractivity contribution in [2.24, 2.45) is 5.92 Å². The number of nitrogens with one attached hydrogen (secondary N) is 1. The van der Waals surface area contributed by atoms with Gasteiger partial charge in [0.05, 0.1) is 5.75 Å². The zero-order chi connectivity index (χ0) is 19.0. The molecule has 26 heavy (non-hydrogen) atoms. The topological polar surface area (TPSA) is 83.5 Å². The smallest absolute Gasteiger partial charge is 0.303 e. The van der Waals surface area contributed by atoms with Gasteiger partial charge in [-0.3, -0.25) is 9.52 Å². The number of sulfonamides is 1. The van der Waals surface area contributed by atoms with Crippen LogP contribution in [0, 0.1) is 9.49 Å². The fraction of sp³-hybridized carbons (Fsp3) is 0.421. The predicted octanol–water partition coefficient (Wildman–Crippen LogP) is 3.86. The molecule has 7 heteroatoms. The SMILES string of the molecule is O=C(O)CCCC=CC1C=C(NS(=O)(=O)CCc2cccc(I)c2)CC1. The van der Waals surface area contributed by atoms with E-state index in [4.69, 9.17) is 5.11 Å². The Balaban J connectivity index is 1.79. The Morgan fingerprint density at radius 3 is 2.92 bits per heavy atom. The summed E-state index contributed by atoms with van der Waals surface area (Å²) in [7, 11) is -3.35. The third-order valence-electron chi connectivity index (χ3n) is 4.14. The van der Waals surface area contributed by atoms with Gasteiger partial charge in [0, 0.05) is 15.7 Å². The minimum Gasteiger partial charge on any atom is -0.481 e. The number of carboxylic acids is 1. The quantitative estimate of drug-likeness (QED) is 0.297. The Morgan fingerprint density at radius 1 is 1.38 bits per heavy atom. The lowest BCUT2D eigenvalue weighted by Gasteiger charge is -2.08. The molecule has 0 saturated heterocycles. The van der Waals surface area contributed by atoms with Crippen LogP contribution in [0.5, 0.6) is 0 Å². The van der Waals surface area contributed by atoms with Crippen molar-refractivity contribution in [1.29, 1.82) is 0 Å². The van der Waals surface area contributed by atoms with Crippen molar-refractivity contribution >= 4 is 38.6 Å². The van der Waals surface area contributed by atoms with Crippen molar-refractivity contribution in [2.75, 3.05) is 5.75 Å². The molecule has 0 fully saturated rings. The highest BCUT2D eigenvalue weighted by Gasteiger charge is 2.18. The molecule has 0 radical (unpaired) electrons. The zero-order valence-corrected chi connectivity index (χ0v) is 17.5. The van der Waals surface area contributed by atoms with Gasteiger partial charge in [-0.1, -0.05) is 30.4 Å². The molecule has 1 aliphatic rings. The van der Waals surface area contributed by atoms with Crippen LogP contribution in [0.25, 0.3) is 0 Å². The number of halogens is 1. The lowest BCUT2D eigenvalue weighted by Crippen LogP contribution is -2.26. The number of hydrogen-bond acceptors (Lipinski definition) is 3. The van der Waals surface area contributed by atoms with Crippen LogP contribution in [0.4, 0.5) is 0 Å². The van der Waals surface area contributed by atoms with E-state index in [2.05, 4.69) is 27.3 Å². The number of unbranched alkanes of at least 4 members (excludes halogenated alkanes) is 1. The Hall–Kier alpha value is -1.35. The van der Waals surface area contributed by atoms with Gasteiger partial charge in [0.1, 0.15) is 0 Å². The van der Waals surface area contributed by atoms with Crippen LogP contribution in [0.2, 0.25) is 0 Å². The van der Waals surface area contributed by atoms with Gasteiger partial charge in [-0.2, -0.15) is 0 Å². The summed E-state index contributed by atoms with van der Waals surface area (Å²) in [6.45, 7) is 0. The molecule has 142 valence electrons. The fourth-order valence-corrected chi connectivity index (χ4v) is 4.61. The minimum absolute atomic E-state index is 0.0696. The van der Waals surface area contributed by atoms with Crippen LogP contribution in [-0.2, 0) is 21.2 Å². The highest BCUT2D eigenvalue weighted by atomic mass is 127. The summed E-state index contributed by atoms with van der Waals surface area (Å²) in [5.41, 5.74) is 1.78. The van der Waals surface area contributed by atoms with Gasteiger partial charge in [-0.05, 0) is 78.3 Å². The molecule has 1 aliphatic carbocycles. The fourth-order valence-electron chi connectivity index (χ4n) is 2.82. The summed E-state index contributed by atoms with van der Waals surface area (Å²) < 4.78 is 28.4. The zero-order valence-electron chi connectivity index (χ0n) is 14.5. The molecule has 2 rings (SSSR count). The predicted molar refractivity (Wildman–Crippen MR) is 111 cm³/mol. The number of hydrogen-bond donors (Lipinski definition) is 2. The van der Waals surface area contributed by atoms with Gasteiger partial charge in [-0.15, -0.1) is 0 Å². The first-order valence-corrected chi connectivity index (χ1v) is 11.4. The third-order valence-corrected chi connectivity index (χ3v) is 6.13. The van der Waals surface area contributed by atoms with E-state index in [0.717, 1.165) is 27.7 Å². The first kappa shape index (κ1) is 21.0. The maximum atomic E-state index is 12.3. The molecule has 1 unspecified atom stereocenters. The highest BCUT2D eigenvalue weighted by Crippen LogP contribution is 2.24. The molecule has 1 aromatic carbocycles. The standard InChI is InChI=1S/C19H24INO4S/c20-17-7-4-6-16(13-17)11-12-26(24,25)21-18-10-9-15(14-18)5-2-1-3-8-19(22)23/h2,4-7,13-15,21H,1,3,8-12H2,(H,22,23). The van der Waals surface area contributed by atoms with Crippen molar-refractivity contribution in [3.63, 3.8) is 0 Å². The summed E-state index contributed by atoms with van der Waals surface area (Å²) in [4.78, 5) is 10.5. The van der Waals surface area contributed by atoms with E-state index in [1.54, 1.807) is 0 Å². The molecule has 0 aliphatic heterocycles. The number of allylic oxidation sites excluding steroid dienone is 4. The van der Waals surface area contributed by atoms with E-state index in [0.29, 0.717) is 19.3 Å². The van der Waals surface area contributed by atoms with E-state index in [1.807, 2.05) is 42.5 Å². The Kier molecular flexibility index (Phi) is 8.15. The summed E-state index contributed by atoms with van der Waals surface area (Å²) in [5.74, 6) is -0.491. The van der Waals surface area contributed by atoms with Gasteiger partial charge < -0.3 is 5.11 Å². The maximum Gasteiger partial charge on any atom is 0.303 e. The molecule has 0 saturated carbocycles. The molecule has 0 aromatic heterocycles. The largest absolute Gasteiger partial charge is 0.481 e. The summed E-state index contributed by atoms with van der Waals surface area (Å²) in [5, 5.41) is 8.60. The second-order valence-electron chi connectivity index (χ2n) is 6.41. The van der Waals surface area contributed by atoms with Crippen molar-refractivity contribution in [2.45, 2.75) is 38.5 Å². The average Bonchev–Trinajstić information content (AvgIpc) is 2.99. The van der Waals surface area contributed by atoms with Gasteiger partial charge in [0.25, 0.3) is 0 Å².